The van der Waals surface area contributed by atoms with Crippen molar-refractivity contribution >= 4 is 18.7 Å². The van der Waals surface area contributed by atoms with Gasteiger partial charge in [0.05, 0.1) is 0 Å². The van der Waals surface area contributed by atoms with E-state index in [9.17, 15) is 4.79 Å². The monoisotopic (exact) mass is 220 g/mol. The lowest BCUT2D eigenvalue weighted by atomic mass is 10.3. The average Bonchev–Trinajstić information content (AvgIpc) is 2.27. The second-order valence-corrected chi connectivity index (χ2v) is 8.90. The normalized spacial score (nSPS) is 11.4. The molecular weight excluding hydrogens is 200 g/mol. The van der Waals surface area contributed by atoms with Crippen LogP contribution in [0.25, 0.3) is 0 Å². The molecule has 1 nitrogen and oxygen atoms in total. The molecule has 0 radical (unpaired) electrons. The highest BCUT2D eigenvalue weighted by molar-refractivity contribution is 7.13. The van der Waals surface area contributed by atoms with Crippen molar-refractivity contribution in [1.82, 2.24) is 0 Å². The van der Waals surface area contributed by atoms with Crippen LogP contribution >= 0.6 is 0 Å². The molecule has 0 unspecified atom stereocenters. The number of unbranched alkanes of at least 4 members (excludes halogenated alkanes) is 1. The summed E-state index contributed by atoms with van der Waals surface area (Å²) in [6.45, 7) is 6.44. The Hall–Kier alpha value is -0.893. The van der Waals surface area contributed by atoms with Gasteiger partial charge in [0.25, 0.3) is 0 Å². The first-order chi connectivity index (χ1) is 7.09. The summed E-state index contributed by atoms with van der Waals surface area (Å²) >= 11 is 0. The first kappa shape index (κ1) is 12.2. The van der Waals surface area contributed by atoms with Crippen molar-refractivity contribution in [3.05, 3.63) is 30.3 Å². The third-order valence-corrected chi connectivity index (χ3v) is 6.37. The van der Waals surface area contributed by atoms with Gasteiger partial charge in [-0.05, 0) is 6.42 Å². The Balaban J connectivity index is 2.78. The van der Waals surface area contributed by atoms with Gasteiger partial charge in [-0.15, -0.1) is 0 Å². The lowest BCUT2D eigenvalue weighted by Gasteiger charge is -2.20. The zero-order valence-corrected chi connectivity index (χ0v) is 10.9. The van der Waals surface area contributed by atoms with Crippen LogP contribution in [0.4, 0.5) is 0 Å². The predicted octanol–water partition coefficient (Wildman–Crippen LogP) is 2.90. The van der Waals surface area contributed by atoms with Gasteiger partial charge in [0.2, 0.25) is 0 Å². The number of rotatable bonds is 5. The molecule has 0 aliphatic rings. The minimum Gasteiger partial charge on any atom is -0.305 e. The third-order valence-electron chi connectivity index (χ3n) is 2.95. The SMILES string of the molecule is CCCCC(=O)[Si](C)(C)c1ccccc1. The van der Waals surface area contributed by atoms with Crippen molar-refractivity contribution in [2.45, 2.75) is 39.3 Å². The van der Waals surface area contributed by atoms with Crippen LogP contribution in [-0.2, 0) is 4.79 Å². The Bertz CT molecular complexity index is 317. The van der Waals surface area contributed by atoms with Gasteiger partial charge < -0.3 is 4.79 Å². The molecular formula is C13H20OSi. The van der Waals surface area contributed by atoms with E-state index in [0.29, 0.717) is 5.41 Å². The van der Waals surface area contributed by atoms with Crippen LogP contribution in [0.15, 0.2) is 30.3 Å². The van der Waals surface area contributed by atoms with Gasteiger partial charge in [-0.25, -0.2) is 0 Å². The predicted molar refractivity (Wildman–Crippen MR) is 68.1 cm³/mol. The quantitative estimate of drug-likeness (QED) is 0.697. The minimum atomic E-state index is -1.86. The van der Waals surface area contributed by atoms with Crippen molar-refractivity contribution in [3.8, 4) is 0 Å². The maximum atomic E-state index is 12.1. The Morgan fingerprint density at radius 1 is 1.20 bits per heavy atom. The first-order valence-electron chi connectivity index (χ1n) is 5.68. The standard InChI is InChI=1S/C13H20OSi/c1-4-5-11-13(14)15(2,3)12-9-7-6-8-10-12/h6-10H,4-5,11H2,1-3H3. The lowest BCUT2D eigenvalue weighted by molar-refractivity contribution is -0.112. The summed E-state index contributed by atoms with van der Waals surface area (Å²) in [5.74, 6) is 0. The Morgan fingerprint density at radius 2 is 1.80 bits per heavy atom. The molecule has 0 heterocycles. The molecule has 0 aromatic heterocycles. The number of carbonyl (C=O) groups is 1. The van der Waals surface area contributed by atoms with Crippen molar-refractivity contribution < 1.29 is 4.79 Å². The summed E-state index contributed by atoms with van der Waals surface area (Å²) < 4.78 is 0. The second kappa shape index (κ2) is 5.26. The summed E-state index contributed by atoms with van der Waals surface area (Å²) in [4.78, 5) is 12.1. The maximum Gasteiger partial charge on any atom is 0.157 e. The van der Waals surface area contributed by atoms with E-state index in [1.54, 1.807) is 0 Å². The van der Waals surface area contributed by atoms with Gasteiger partial charge in [0, 0.05) is 6.42 Å². The molecule has 1 aromatic carbocycles. The van der Waals surface area contributed by atoms with E-state index in [4.69, 9.17) is 0 Å². The molecule has 2 heteroatoms. The molecule has 82 valence electrons. The molecule has 0 saturated heterocycles. The Kier molecular flexibility index (Phi) is 4.27. The van der Waals surface area contributed by atoms with Crippen LogP contribution in [0.1, 0.15) is 26.2 Å². The van der Waals surface area contributed by atoms with E-state index in [1.807, 2.05) is 18.2 Å². The molecule has 0 aliphatic heterocycles. The van der Waals surface area contributed by atoms with E-state index in [0.717, 1.165) is 19.3 Å². The molecule has 0 aliphatic carbocycles. The second-order valence-electron chi connectivity index (χ2n) is 4.52. The van der Waals surface area contributed by atoms with E-state index in [2.05, 4.69) is 32.2 Å². The molecule has 1 rings (SSSR count). The molecule has 0 spiro atoms. The van der Waals surface area contributed by atoms with Crippen molar-refractivity contribution in [1.29, 1.82) is 0 Å². The smallest absolute Gasteiger partial charge is 0.157 e. The van der Waals surface area contributed by atoms with Crippen molar-refractivity contribution in [3.63, 3.8) is 0 Å². The topological polar surface area (TPSA) is 17.1 Å². The Labute approximate surface area is 93.5 Å². The fourth-order valence-corrected chi connectivity index (χ4v) is 3.82. The molecule has 15 heavy (non-hydrogen) atoms. The zero-order valence-electron chi connectivity index (χ0n) is 9.92. The highest BCUT2D eigenvalue weighted by Gasteiger charge is 2.31. The van der Waals surface area contributed by atoms with Crippen LogP contribution in [0.5, 0.6) is 0 Å². The number of hydrogen-bond acceptors (Lipinski definition) is 1. The summed E-state index contributed by atoms with van der Waals surface area (Å²) in [5, 5.41) is 1.74. The van der Waals surface area contributed by atoms with Crippen LogP contribution in [0, 0.1) is 0 Å². The highest BCUT2D eigenvalue weighted by Crippen LogP contribution is 2.09. The van der Waals surface area contributed by atoms with Crippen molar-refractivity contribution in [2.75, 3.05) is 0 Å². The van der Waals surface area contributed by atoms with Gasteiger partial charge in [-0.2, -0.15) is 0 Å². The lowest BCUT2D eigenvalue weighted by Crippen LogP contribution is -2.49. The maximum absolute atomic E-state index is 12.1. The van der Waals surface area contributed by atoms with Crippen LogP contribution < -0.4 is 5.19 Å². The fourth-order valence-electron chi connectivity index (χ4n) is 1.67. The average molecular weight is 220 g/mol. The molecule has 0 atom stereocenters. The van der Waals surface area contributed by atoms with E-state index >= 15 is 0 Å². The van der Waals surface area contributed by atoms with Gasteiger partial charge in [0.15, 0.2) is 8.07 Å². The van der Waals surface area contributed by atoms with Gasteiger partial charge in [-0.1, -0.05) is 62.0 Å². The largest absolute Gasteiger partial charge is 0.305 e. The first-order valence-corrected chi connectivity index (χ1v) is 8.68. The zero-order chi connectivity index (χ0) is 11.3. The highest BCUT2D eigenvalue weighted by atomic mass is 28.3. The molecule has 0 N–H and O–H groups in total. The van der Waals surface area contributed by atoms with Crippen LogP contribution in [0.3, 0.4) is 0 Å². The summed E-state index contributed by atoms with van der Waals surface area (Å²) in [6.07, 6.45) is 2.89. The molecule has 0 amide bonds. The van der Waals surface area contributed by atoms with Crippen LogP contribution in [0.2, 0.25) is 13.1 Å². The summed E-state index contributed by atoms with van der Waals surface area (Å²) in [5.41, 5.74) is 0. The van der Waals surface area contributed by atoms with Crippen molar-refractivity contribution in [2.24, 2.45) is 0 Å². The van der Waals surface area contributed by atoms with E-state index in [1.165, 1.54) is 5.19 Å². The molecule has 0 fully saturated rings. The molecule has 1 aromatic rings. The van der Waals surface area contributed by atoms with Gasteiger partial charge in [0.1, 0.15) is 5.41 Å². The molecule has 0 saturated carbocycles. The van der Waals surface area contributed by atoms with Crippen LogP contribution in [-0.4, -0.2) is 13.5 Å². The van der Waals surface area contributed by atoms with E-state index < -0.39 is 8.07 Å². The number of hydrogen-bond donors (Lipinski definition) is 0. The molecule has 0 bridgehead atoms. The fraction of sp³-hybridized carbons (Fsp3) is 0.462. The summed E-state index contributed by atoms with van der Waals surface area (Å²) in [6, 6.07) is 10.2. The number of carbonyl (C=O) groups excluding carboxylic acids is 1. The Morgan fingerprint density at radius 3 is 2.33 bits per heavy atom. The van der Waals surface area contributed by atoms with E-state index in [-0.39, 0.29) is 0 Å². The van der Waals surface area contributed by atoms with Gasteiger partial charge >= 0.3 is 0 Å². The number of benzene rings is 1. The summed E-state index contributed by atoms with van der Waals surface area (Å²) in [7, 11) is -1.86. The minimum absolute atomic E-state index is 0.482. The third kappa shape index (κ3) is 3.03. The van der Waals surface area contributed by atoms with Gasteiger partial charge in [-0.3, -0.25) is 0 Å².